The van der Waals surface area contributed by atoms with Crippen LogP contribution in [-0.4, -0.2) is 37.0 Å². The van der Waals surface area contributed by atoms with Crippen LogP contribution in [0.2, 0.25) is 0 Å². The molecule has 0 amide bonds. The van der Waals surface area contributed by atoms with E-state index >= 15 is 0 Å². The molecule has 0 N–H and O–H groups in total. The first-order chi connectivity index (χ1) is 10.9. The Morgan fingerprint density at radius 1 is 1.00 bits per heavy atom. The number of hydrogen-bond acceptors (Lipinski definition) is 3. The Morgan fingerprint density at radius 3 is 2.64 bits per heavy atom. The van der Waals surface area contributed by atoms with E-state index in [1.165, 1.54) is 32.1 Å². The molecule has 22 heavy (non-hydrogen) atoms. The smallest absolute Gasteiger partial charge is 0.158 e. The van der Waals surface area contributed by atoms with Crippen molar-refractivity contribution >= 4 is 0 Å². The van der Waals surface area contributed by atoms with Gasteiger partial charge in [0, 0.05) is 25.0 Å². The Morgan fingerprint density at radius 2 is 1.82 bits per heavy atom. The summed E-state index contributed by atoms with van der Waals surface area (Å²) in [6.07, 6.45) is 8.68. The molecule has 1 atom stereocenters. The van der Waals surface area contributed by atoms with Crippen LogP contribution >= 0.6 is 0 Å². The van der Waals surface area contributed by atoms with Crippen molar-refractivity contribution in [2.75, 3.05) is 19.8 Å². The van der Waals surface area contributed by atoms with Crippen LogP contribution in [0.3, 0.4) is 0 Å². The van der Waals surface area contributed by atoms with Crippen molar-refractivity contribution in [1.82, 2.24) is 4.90 Å². The van der Waals surface area contributed by atoms with Gasteiger partial charge in [0.25, 0.3) is 0 Å². The molecule has 0 unspecified atom stereocenters. The molecule has 0 aromatic heterocycles. The fourth-order valence-corrected chi connectivity index (χ4v) is 4.03. The number of benzene rings is 1. The lowest BCUT2D eigenvalue weighted by molar-refractivity contribution is -0.183. The fraction of sp³-hybridized carbons (Fsp3) is 0.684. The molecule has 2 aliphatic carbocycles. The molecular weight excluding hydrogens is 274 g/mol. The molecule has 1 aliphatic heterocycles. The second-order valence-electron chi connectivity index (χ2n) is 6.89. The number of aryl methyl sites for hydroxylation is 1. The summed E-state index contributed by atoms with van der Waals surface area (Å²) in [5.41, 5.74) is 3.14. The SMILES string of the molecule is c1ccc2c(c1)CCC[C@H]2N(CCC1OCCCO1)C1CC1. The predicted molar refractivity (Wildman–Crippen MR) is 86.8 cm³/mol. The summed E-state index contributed by atoms with van der Waals surface area (Å²) in [6, 6.07) is 10.5. The van der Waals surface area contributed by atoms with Crippen molar-refractivity contribution in [3.05, 3.63) is 35.4 Å². The van der Waals surface area contributed by atoms with Crippen molar-refractivity contribution < 1.29 is 9.47 Å². The van der Waals surface area contributed by atoms with Gasteiger partial charge in [-0.2, -0.15) is 0 Å². The van der Waals surface area contributed by atoms with Gasteiger partial charge in [-0.25, -0.2) is 0 Å². The Balaban J connectivity index is 1.46. The first kappa shape index (κ1) is 14.7. The van der Waals surface area contributed by atoms with E-state index in [1.807, 2.05) is 0 Å². The maximum atomic E-state index is 5.74. The van der Waals surface area contributed by atoms with E-state index in [2.05, 4.69) is 29.2 Å². The maximum absolute atomic E-state index is 5.74. The van der Waals surface area contributed by atoms with E-state index in [0.717, 1.165) is 38.6 Å². The number of nitrogens with zero attached hydrogens (tertiary/aromatic N) is 1. The Hall–Kier alpha value is -0.900. The fourth-order valence-electron chi connectivity index (χ4n) is 4.03. The highest BCUT2D eigenvalue weighted by Gasteiger charge is 2.36. The van der Waals surface area contributed by atoms with Gasteiger partial charge in [0.05, 0.1) is 13.2 Å². The Bertz CT molecular complexity index is 494. The molecule has 0 radical (unpaired) electrons. The quantitative estimate of drug-likeness (QED) is 0.828. The van der Waals surface area contributed by atoms with E-state index in [1.54, 1.807) is 11.1 Å². The Labute approximate surface area is 133 Å². The van der Waals surface area contributed by atoms with Crippen LogP contribution in [0.5, 0.6) is 0 Å². The molecule has 1 aromatic rings. The molecule has 1 saturated carbocycles. The number of fused-ring (bicyclic) bond motifs is 1. The van der Waals surface area contributed by atoms with Gasteiger partial charge in [0.15, 0.2) is 6.29 Å². The van der Waals surface area contributed by atoms with Gasteiger partial charge in [0.1, 0.15) is 0 Å². The third-order valence-electron chi connectivity index (χ3n) is 5.27. The van der Waals surface area contributed by atoms with Crippen molar-refractivity contribution in [2.45, 2.75) is 63.3 Å². The normalized spacial score (nSPS) is 26.1. The van der Waals surface area contributed by atoms with Crippen LogP contribution in [0.4, 0.5) is 0 Å². The second-order valence-corrected chi connectivity index (χ2v) is 6.89. The largest absolute Gasteiger partial charge is 0.353 e. The van der Waals surface area contributed by atoms with Crippen molar-refractivity contribution in [2.24, 2.45) is 0 Å². The minimum absolute atomic E-state index is 0.0221. The summed E-state index contributed by atoms with van der Waals surface area (Å²) >= 11 is 0. The lowest BCUT2D eigenvalue weighted by Gasteiger charge is -2.37. The summed E-state index contributed by atoms with van der Waals surface area (Å²) in [4.78, 5) is 2.75. The summed E-state index contributed by atoms with van der Waals surface area (Å²) < 4.78 is 11.5. The lowest BCUT2D eigenvalue weighted by Crippen LogP contribution is -2.37. The minimum Gasteiger partial charge on any atom is -0.353 e. The number of ether oxygens (including phenoxy) is 2. The van der Waals surface area contributed by atoms with Crippen molar-refractivity contribution in [3.63, 3.8) is 0 Å². The highest BCUT2D eigenvalue weighted by molar-refractivity contribution is 5.32. The van der Waals surface area contributed by atoms with Crippen molar-refractivity contribution in [3.8, 4) is 0 Å². The topological polar surface area (TPSA) is 21.7 Å². The molecule has 1 saturated heterocycles. The van der Waals surface area contributed by atoms with E-state index < -0.39 is 0 Å². The van der Waals surface area contributed by atoms with Gasteiger partial charge >= 0.3 is 0 Å². The lowest BCUT2D eigenvalue weighted by atomic mass is 9.86. The minimum atomic E-state index is 0.0221. The van der Waals surface area contributed by atoms with E-state index in [4.69, 9.17) is 9.47 Å². The maximum Gasteiger partial charge on any atom is 0.158 e. The van der Waals surface area contributed by atoms with Gasteiger partial charge in [-0.3, -0.25) is 4.90 Å². The standard InChI is InChI=1S/C19H27NO2/c1-2-7-17-15(5-1)6-3-8-18(17)20(16-9-10-16)12-11-19-21-13-4-14-22-19/h1-2,5,7,16,18-19H,3-4,6,8-14H2/t18-/m1/s1. The summed E-state index contributed by atoms with van der Waals surface area (Å²) in [5.74, 6) is 0. The molecule has 3 aliphatic rings. The van der Waals surface area contributed by atoms with Gasteiger partial charge in [-0.15, -0.1) is 0 Å². The van der Waals surface area contributed by atoms with Crippen LogP contribution in [0.15, 0.2) is 24.3 Å². The van der Waals surface area contributed by atoms with Gasteiger partial charge in [-0.05, 0) is 49.7 Å². The molecule has 120 valence electrons. The Kier molecular flexibility index (Phi) is 4.47. The van der Waals surface area contributed by atoms with Gasteiger partial charge in [0.2, 0.25) is 0 Å². The van der Waals surface area contributed by atoms with Crippen LogP contribution in [0.25, 0.3) is 0 Å². The zero-order valence-electron chi connectivity index (χ0n) is 13.4. The first-order valence-corrected chi connectivity index (χ1v) is 8.98. The molecule has 1 heterocycles. The second kappa shape index (κ2) is 6.69. The van der Waals surface area contributed by atoms with Gasteiger partial charge < -0.3 is 9.47 Å². The van der Waals surface area contributed by atoms with E-state index in [-0.39, 0.29) is 6.29 Å². The van der Waals surface area contributed by atoms with Crippen LogP contribution in [0.1, 0.15) is 55.7 Å². The molecule has 2 fully saturated rings. The van der Waals surface area contributed by atoms with E-state index in [9.17, 15) is 0 Å². The first-order valence-electron chi connectivity index (χ1n) is 8.98. The summed E-state index contributed by atoms with van der Waals surface area (Å²) in [6.45, 7) is 2.83. The average molecular weight is 301 g/mol. The van der Waals surface area contributed by atoms with Gasteiger partial charge in [-0.1, -0.05) is 24.3 Å². The molecule has 0 bridgehead atoms. The molecular formula is C19H27NO2. The molecule has 3 nitrogen and oxygen atoms in total. The molecule has 4 rings (SSSR count). The monoisotopic (exact) mass is 301 g/mol. The van der Waals surface area contributed by atoms with E-state index in [0.29, 0.717) is 6.04 Å². The third kappa shape index (κ3) is 3.22. The van der Waals surface area contributed by atoms with Crippen molar-refractivity contribution in [1.29, 1.82) is 0 Å². The van der Waals surface area contributed by atoms with Crippen LogP contribution < -0.4 is 0 Å². The number of hydrogen-bond donors (Lipinski definition) is 0. The summed E-state index contributed by atoms with van der Waals surface area (Å²) in [5, 5.41) is 0. The van der Waals surface area contributed by atoms with Crippen LogP contribution in [-0.2, 0) is 15.9 Å². The summed E-state index contributed by atoms with van der Waals surface area (Å²) in [7, 11) is 0. The average Bonchev–Trinajstić information content (AvgIpc) is 3.41. The van der Waals surface area contributed by atoms with Crippen LogP contribution in [0, 0.1) is 0 Å². The highest BCUT2D eigenvalue weighted by Crippen LogP contribution is 2.40. The number of rotatable bonds is 5. The zero-order valence-corrected chi connectivity index (χ0v) is 13.4. The predicted octanol–water partition coefficient (Wildman–Crippen LogP) is 3.68. The molecule has 3 heteroatoms. The zero-order chi connectivity index (χ0) is 14.8. The third-order valence-corrected chi connectivity index (χ3v) is 5.27. The molecule has 1 aromatic carbocycles. The highest BCUT2D eigenvalue weighted by atomic mass is 16.7. The molecule has 0 spiro atoms.